The summed E-state index contributed by atoms with van der Waals surface area (Å²) in [6, 6.07) is -0.437. The zero-order valence-corrected chi connectivity index (χ0v) is 7.20. The third-order valence-electron chi connectivity index (χ3n) is 1.25. The summed E-state index contributed by atoms with van der Waals surface area (Å²) >= 11 is 1.78. The Kier molecular flexibility index (Phi) is 5.20. The maximum Gasteiger partial charge on any atom is 0.312 e. The second kappa shape index (κ2) is 5.41. The molecule has 60 valence electrons. The smallest absolute Gasteiger partial charge is 0.312 e. The highest BCUT2D eigenvalue weighted by Gasteiger charge is 1.98. The van der Waals surface area contributed by atoms with Crippen molar-refractivity contribution in [1.82, 2.24) is 5.32 Å². The van der Waals surface area contributed by atoms with Crippen molar-refractivity contribution in [3.63, 3.8) is 0 Å². The van der Waals surface area contributed by atoms with Crippen LogP contribution >= 0.6 is 11.8 Å². The van der Waals surface area contributed by atoms with Crippen molar-refractivity contribution in [2.45, 2.75) is 18.6 Å². The Morgan fingerprint density at radius 1 is 1.80 bits per heavy atom. The molecule has 0 saturated heterocycles. The number of carbonyl (C=O) groups is 1. The average Bonchev–Trinajstić information content (AvgIpc) is 1.87. The Morgan fingerprint density at radius 2 is 2.40 bits per heavy atom. The zero-order chi connectivity index (χ0) is 7.98. The van der Waals surface area contributed by atoms with Gasteiger partial charge in [0.05, 0.1) is 0 Å². The number of hydrogen-bond donors (Lipinski definition) is 2. The van der Waals surface area contributed by atoms with Crippen LogP contribution in [0.3, 0.4) is 0 Å². The summed E-state index contributed by atoms with van der Waals surface area (Å²) in [6.07, 6.45) is 3.03. The van der Waals surface area contributed by atoms with Crippen LogP contribution in [0.4, 0.5) is 4.79 Å². The molecule has 0 fully saturated rings. The van der Waals surface area contributed by atoms with Crippen LogP contribution in [0.25, 0.3) is 0 Å². The van der Waals surface area contributed by atoms with Crippen LogP contribution in [0.5, 0.6) is 0 Å². The van der Waals surface area contributed by atoms with Gasteiger partial charge in [-0.2, -0.15) is 11.8 Å². The van der Waals surface area contributed by atoms with Crippen molar-refractivity contribution in [2.75, 3.05) is 12.8 Å². The molecule has 10 heavy (non-hydrogen) atoms. The van der Waals surface area contributed by atoms with Crippen LogP contribution < -0.4 is 11.1 Å². The van der Waals surface area contributed by atoms with Crippen molar-refractivity contribution in [1.29, 1.82) is 0 Å². The first kappa shape index (κ1) is 9.62. The molecule has 0 aromatic heterocycles. The number of nitrogens with one attached hydrogen (secondary N) is 1. The largest absolute Gasteiger partial charge is 0.352 e. The molecule has 3 nitrogen and oxygen atoms in total. The van der Waals surface area contributed by atoms with E-state index in [0.29, 0.717) is 11.8 Å². The van der Waals surface area contributed by atoms with Crippen LogP contribution in [0.2, 0.25) is 0 Å². The molecule has 0 bridgehead atoms. The Morgan fingerprint density at radius 3 is 2.80 bits per heavy atom. The minimum absolute atomic E-state index is 0.437. The van der Waals surface area contributed by atoms with Crippen molar-refractivity contribution < 1.29 is 4.79 Å². The summed E-state index contributed by atoms with van der Waals surface area (Å²) in [5.74, 6) is 0. The molecule has 0 aliphatic rings. The predicted octanol–water partition coefficient (Wildman–Crippen LogP) is 0.796. The van der Waals surface area contributed by atoms with Gasteiger partial charge in [0.1, 0.15) is 0 Å². The Labute approximate surface area is 65.7 Å². The predicted molar refractivity (Wildman–Crippen MR) is 45.2 cm³/mol. The molecule has 1 atom stereocenters. The minimum atomic E-state index is -0.437. The molecule has 4 heteroatoms. The molecule has 0 rings (SSSR count). The maximum absolute atomic E-state index is 10.2. The number of primary amides is 1. The summed E-state index contributed by atoms with van der Waals surface area (Å²) in [4.78, 5) is 10.2. The van der Waals surface area contributed by atoms with Gasteiger partial charge in [-0.1, -0.05) is 6.92 Å². The van der Waals surface area contributed by atoms with Crippen molar-refractivity contribution in [3.8, 4) is 0 Å². The molecule has 1 unspecified atom stereocenters. The minimum Gasteiger partial charge on any atom is -0.352 e. The Hall–Kier alpha value is -0.380. The van der Waals surface area contributed by atoms with Gasteiger partial charge >= 0.3 is 6.03 Å². The fourth-order valence-corrected chi connectivity index (χ4v) is 0.870. The Bertz CT molecular complexity index is 108. The number of carbonyl (C=O) groups excluding carboxylic acids is 1. The van der Waals surface area contributed by atoms with Crippen molar-refractivity contribution >= 4 is 17.8 Å². The van der Waals surface area contributed by atoms with E-state index in [1.165, 1.54) is 0 Å². The van der Waals surface area contributed by atoms with E-state index in [-0.39, 0.29) is 0 Å². The van der Waals surface area contributed by atoms with Crippen molar-refractivity contribution in [3.05, 3.63) is 0 Å². The van der Waals surface area contributed by atoms with Crippen LogP contribution in [-0.2, 0) is 0 Å². The fourth-order valence-electron chi connectivity index (χ4n) is 0.516. The lowest BCUT2D eigenvalue weighted by Crippen LogP contribution is -2.31. The summed E-state index contributed by atoms with van der Waals surface area (Å²) in [7, 11) is 0. The average molecular weight is 162 g/mol. The topological polar surface area (TPSA) is 55.1 Å². The highest BCUT2D eigenvalue weighted by atomic mass is 32.2. The maximum atomic E-state index is 10.2. The Balaban J connectivity index is 3.11. The van der Waals surface area contributed by atoms with E-state index < -0.39 is 6.03 Å². The van der Waals surface area contributed by atoms with Gasteiger partial charge < -0.3 is 11.1 Å². The molecule has 0 aromatic carbocycles. The molecule has 0 aliphatic carbocycles. The SMILES string of the molecule is CSC(C)CCNC(N)=O. The van der Waals surface area contributed by atoms with Crippen molar-refractivity contribution in [2.24, 2.45) is 5.73 Å². The van der Waals surface area contributed by atoms with E-state index in [9.17, 15) is 4.79 Å². The molecule has 0 heterocycles. The first-order valence-corrected chi connectivity index (χ1v) is 4.51. The second-order valence-corrected chi connectivity index (χ2v) is 3.40. The molecule has 0 aliphatic heterocycles. The normalized spacial score (nSPS) is 12.6. The van der Waals surface area contributed by atoms with E-state index in [1.807, 2.05) is 0 Å². The lowest BCUT2D eigenvalue weighted by molar-refractivity contribution is 0.249. The van der Waals surface area contributed by atoms with E-state index in [0.717, 1.165) is 6.42 Å². The van der Waals surface area contributed by atoms with Gasteiger partial charge in [-0.05, 0) is 12.7 Å². The monoisotopic (exact) mass is 162 g/mol. The van der Waals surface area contributed by atoms with Crippen LogP contribution in [0.1, 0.15) is 13.3 Å². The molecule has 3 N–H and O–H groups in total. The third-order valence-corrected chi connectivity index (χ3v) is 2.29. The van der Waals surface area contributed by atoms with Crippen LogP contribution in [0.15, 0.2) is 0 Å². The lowest BCUT2D eigenvalue weighted by atomic mass is 10.3. The van der Waals surface area contributed by atoms with Gasteiger partial charge in [-0.25, -0.2) is 4.79 Å². The standard InChI is InChI=1S/C6H14N2OS/c1-5(10-2)3-4-8-6(7)9/h5H,3-4H2,1-2H3,(H3,7,8,9). The van der Waals surface area contributed by atoms with Gasteiger partial charge in [0.2, 0.25) is 0 Å². The summed E-state index contributed by atoms with van der Waals surface area (Å²) < 4.78 is 0. The van der Waals surface area contributed by atoms with E-state index in [4.69, 9.17) is 5.73 Å². The third kappa shape index (κ3) is 5.75. The molecule has 0 saturated carbocycles. The van der Waals surface area contributed by atoms with Gasteiger partial charge in [-0.15, -0.1) is 0 Å². The zero-order valence-electron chi connectivity index (χ0n) is 6.39. The van der Waals surface area contributed by atoms with Gasteiger partial charge in [0.25, 0.3) is 0 Å². The molecular weight excluding hydrogens is 148 g/mol. The van der Waals surface area contributed by atoms with E-state index in [2.05, 4.69) is 18.5 Å². The van der Waals surface area contributed by atoms with Gasteiger partial charge in [0.15, 0.2) is 0 Å². The molecule has 0 spiro atoms. The molecule has 0 aromatic rings. The number of thioether (sulfide) groups is 1. The first-order chi connectivity index (χ1) is 4.66. The highest BCUT2D eigenvalue weighted by Crippen LogP contribution is 2.07. The summed E-state index contributed by atoms with van der Waals surface area (Å²) in [5.41, 5.74) is 4.86. The molecule has 2 amide bonds. The van der Waals surface area contributed by atoms with E-state index in [1.54, 1.807) is 11.8 Å². The number of hydrogen-bond acceptors (Lipinski definition) is 2. The molecule has 0 radical (unpaired) electrons. The fraction of sp³-hybridized carbons (Fsp3) is 0.833. The van der Waals surface area contributed by atoms with E-state index >= 15 is 0 Å². The second-order valence-electron chi connectivity index (χ2n) is 2.13. The molecular formula is C6H14N2OS. The summed E-state index contributed by atoms with van der Waals surface area (Å²) in [5, 5.41) is 3.13. The number of urea groups is 1. The van der Waals surface area contributed by atoms with Crippen LogP contribution in [-0.4, -0.2) is 24.1 Å². The van der Waals surface area contributed by atoms with Gasteiger partial charge in [0, 0.05) is 11.8 Å². The quantitative estimate of drug-likeness (QED) is 0.642. The number of nitrogens with two attached hydrogens (primary N) is 1. The highest BCUT2D eigenvalue weighted by molar-refractivity contribution is 7.99. The van der Waals surface area contributed by atoms with Gasteiger partial charge in [-0.3, -0.25) is 0 Å². The number of amides is 2. The lowest BCUT2D eigenvalue weighted by Gasteiger charge is -2.06. The number of rotatable bonds is 4. The summed E-state index contributed by atoms with van der Waals surface area (Å²) in [6.45, 7) is 2.80. The first-order valence-electron chi connectivity index (χ1n) is 3.23. The van der Waals surface area contributed by atoms with Crippen LogP contribution in [0, 0.1) is 0 Å².